The molecule has 112 valence electrons. The first-order valence-electron chi connectivity index (χ1n) is 7.30. The molecule has 1 heterocycles. The van der Waals surface area contributed by atoms with E-state index in [2.05, 4.69) is 36.1 Å². The van der Waals surface area contributed by atoms with Crippen LogP contribution in [0.4, 0.5) is 5.95 Å². The third kappa shape index (κ3) is 4.18. The highest BCUT2D eigenvalue weighted by molar-refractivity contribution is 5.90. The van der Waals surface area contributed by atoms with Gasteiger partial charge >= 0.3 is 5.97 Å². The molecule has 0 bridgehead atoms. The lowest BCUT2D eigenvalue weighted by Gasteiger charge is -2.22. The molecule has 0 spiro atoms. The molecule has 0 saturated heterocycles. The van der Waals surface area contributed by atoms with Crippen LogP contribution in [-0.2, 0) is 4.74 Å². The predicted molar refractivity (Wildman–Crippen MR) is 79.9 cm³/mol. The number of hydrogen-bond donors (Lipinski definition) is 1. The molecular formula is C15H25N3O2. The summed E-state index contributed by atoms with van der Waals surface area (Å²) in [5.74, 6) is 0.781. The molecule has 20 heavy (non-hydrogen) atoms. The number of aromatic nitrogens is 2. The summed E-state index contributed by atoms with van der Waals surface area (Å²) in [6, 6.07) is 0.304. The van der Waals surface area contributed by atoms with Gasteiger partial charge in [0.2, 0.25) is 5.95 Å². The summed E-state index contributed by atoms with van der Waals surface area (Å²) in [5, 5.41) is 3.31. The van der Waals surface area contributed by atoms with Crippen LogP contribution in [0.5, 0.6) is 0 Å². The molecule has 0 aromatic carbocycles. The Hall–Kier alpha value is -1.65. The van der Waals surface area contributed by atoms with Gasteiger partial charge in [-0.15, -0.1) is 0 Å². The fourth-order valence-corrected chi connectivity index (χ4v) is 2.26. The predicted octanol–water partition coefficient (Wildman–Crippen LogP) is 3.20. The van der Waals surface area contributed by atoms with E-state index in [1.807, 2.05) is 0 Å². The Morgan fingerprint density at radius 3 is 2.50 bits per heavy atom. The van der Waals surface area contributed by atoms with E-state index in [1.165, 1.54) is 6.20 Å². The van der Waals surface area contributed by atoms with Crippen LogP contribution in [0.25, 0.3) is 0 Å². The van der Waals surface area contributed by atoms with Crippen molar-refractivity contribution in [3.05, 3.63) is 17.5 Å². The van der Waals surface area contributed by atoms with E-state index in [1.54, 1.807) is 13.8 Å². The maximum Gasteiger partial charge on any atom is 0.341 e. The Balaban J connectivity index is 2.79. The normalized spacial score (nSPS) is 12.3. The Morgan fingerprint density at radius 2 is 2.00 bits per heavy atom. The van der Waals surface area contributed by atoms with Crippen LogP contribution in [0, 0.1) is 12.8 Å². The molecular weight excluding hydrogens is 254 g/mol. The quantitative estimate of drug-likeness (QED) is 0.776. The SMILES string of the molecule is CCOC(=O)c1cnc(NC(C)C(CC)CC)nc1C. The zero-order chi connectivity index (χ0) is 15.1. The number of rotatable bonds is 7. The van der Waals surface area contributed by atoms with E-state index in [0.717, 1.165) is 12.8 Å². The average molecular weight is 279 g/mol. The summed E-state index contributed by atoms with van der Waals surface area (Å²) in [7, 11) is 0. The fraction of sp³-hybridized carbons (Fsp3) is 0.667. The van der Waals surface area contributed by atoms with Crippen molar-refractivity contribution in [3.8, 4) is 0 Å². The molecule has 1 N–H and O–H groups in total. The molecule has 0 aliphatic heterocycles. The number of carbonyl (C=O) groups excluding carboxylic acids is 1. The maximum atomic E-state index is 11.7. The Bertz CT molecular complexity index is 445. The molecule has 0 radical (unpaired) electrons. The van der Waals surface area contributed by atoms with Crippen molar-refractivity contribution in [3.63, 3.8) is 0 Å². The lowest BCUT2D eigenvalue weighted by atomic mass is 9.96. The van der Waals surface area contributed by atoms with Gasteiger partial charge < -0.3 is 10.1 Å². The fourth-order valence-electron chi connectivity index (χ4n) is 2.26. The van der Waals surface area contributed by atoms with Crippen molar-refractivity contribution in [2.45, 2.75) is 53.5 Å². The number of nitrogens with zero attached hydrogens (tertiary/aromatic N) is 2. The van der Waals surface area contributed by atoms with Gasteiger partial charge in [-0.2, -0.15) is 0 Å². The molecule has 0 fully saturated rings. The topological polar surface area (TPSA) is 64.1 Å². The first-order chi connectivity index (χ1) is 9.53. The van der Waals surface area contributed by atoms with Gasteiger partial charge in [0, 0.05) is 12.2 Å². The van der Waals surface area contributed by atoms with Crippen LogP contribution >= 0.6 is 0 Å². The second kappa shape index (κ2) is 7.82. The molecule has 0 aliphatic carbocycles. The van der Waals surface area contributed by atoms with E-state index < -0.39 is 0 Å². The van der Waals surface area contributed by atoms with Gasteiger partial charge in [0.25, 0.3) is 0 Å². The largest absolute Gasteiger partial charge is 0.462 e. The van der Waals surface area contributed by atoms with E-state index >= 15 is 0 Å². The molecule has 1 rings (SSSR count). The van der Waals surface area contributed by atoms with Gasteiger partial charge in [0.05, 0.1) is 17.9 Å². The first-order valence-corrected chi connectivity index (χ1v) is 7.30. The number of ether oxygens (including phenoxy) is 1. The van der Waals surface area contributed by atoms with Crippen molar-refractivity contribution < 1.29 is 9.53 Å². The summed E-state index contributed by atoms with van der Waals surface area (Å²) >= 11 is 0. The summed E-state index contributed by atoms with van der Waals surface area (Å²) in [5.41, 5.74) is 1.06. The van der Waals surface area contributed by atoms with Gasteiger partial charge in [-0.1, -0.05) is 26.7 Å². The minimum atomic E-state index is -0.371. The summed E-state index contributed by atoms with van der Waals surface area (Å²) in [4.78, 5) is 20.2. The number of nitrogens with one attached hydrogen (secondary N) is 1. The molecule has 0 saturated carbocycles. The molecule has 5 heteroatoms. The number of esters is 1. The van der Waals surface area contributed by atoms with E-state index in [9.17, 15) is 4.79 Å². The second-order valence-electron chi connectivity index (χ2n) is 4.92. The number of aryl methyl sites for hydroxylation is 1. The molecule has 0 amide bonds. The van der Waals surface area contributed by atoms with Gasteiger partial charge in [0.1, 0.15) is 0 Å². The first kappa shape index (κ1) is 16.4. The van der Waals surface area contributed by atoms with Crippen LogP contribution in [0.3, 0.4) is 0 Å². The molecule has 1 unspecified atom stereocenters. The lowest BCUT2D eigenvalue weighted by Crippen LogP contribution is -2.26. The van der Waals surface area contributed by atoms with Gasteiger partial charge in [-0.05, 0) is 26.7 Å². The molecule has 0 aliphatic rings. The third-order valence-corrected chi connectivity index (χ3v) is 3.59. The zero-order valence-electron chi connectivity index (χ0n) is 13.1. The van der Waals surface area contributed by atoms with Gasteiger partial charge in [-0.3, -0.25) is 0 Å². The van der Waals surface area contributed by atoms with Gasteiger partial charge in [-0.25, -0.2) is 14.8 Å². The van der Waals surface area contributed by atoms with Gasteiger partial charge in [0.15, 0.2) is 0 Å². The Labute approximate surface area is 121 Å². The van der Waals surface area contributed by atoms with E-state index in [0.29, 0.717) is 35.8 Å². The molecule has 1 aromatic heterocycles. The zero-order valence-corrected chi connectivity index (χ0v) is 13.1. The van der Waals surface area contributed by atoms with Crippen LogP contribution in [0.2, 0.25) is 0 Å². The minimum absolute atomic E-state index is 0.304. The lowest BCUT2D eigenvalue weighted by molar-refractivity contribution is 0.0524. The van der Waals surface area contributed by atoms with Crippen LogP contribution < -0.4 is 5.32 Å². The van der Waals surface area contributed by atoms with Crippen LogP contribution in [0.1, 0.15) is 56.6 Å². The van der Waals surface area contributed by atoms with Crippen molar-refractivity contribution in [1.29, 1.82) is 0 Å². The summed E-state index contributed by atoms with van der Waals surface area (Å²) < 4.78 is 4.96. The average Bonchev–Trinajstić information content (AvgIpc) is 2.40. The van der Waals surface area contributed by atoms with Crippen molar-refractivity contribution in [1.82, 2.24) is 9.97 Å². The monoisotopic (exact) mass is 279 g/mol. The Kier molecular flexibility index (Phi) is 6.42. The smallest absolute Gasteiger partial charge is 0.341 e. The highest BCUT2D eigenvalue weighted by Gasteiger charge is 2.16. The van der Waals surface area contributed by atoms with Crippen LogP contribution in [-0.4, -0.2) is 28.6 Å². The minimum Gasteiger partial charge on any atom is -0.462 e. The molecule has 1 aromatic rings. The molecule has 5 nitrogen and oxygen atoms in total. The van der Waals surface area contributed by atoms with Crippen LogP contribution in [0.15, 0.2) is 6.20 Å². The second-order valence-corrected chi connectivity index (χ2v) is 4.92. The number of hydrogen-bond acceptors (Lipinski definition) is 5. The standard InChI is InChI=1S/C15H25N3O2/c1-6-12(7-2)10(4)17-15-16-9-13(11(5)18-15)14(19)20-8-3/h9-10,12H,6-8H2,1-5H3,(H,16,17,18). The van der Waals surface area contributed by atoms with Crippen molar-refractivity contribution in [2.75, 3.05) is 11.9 Å². The van der Waals surface area contributed by atoms with Crippen molar-refractivity contribution in [2.24, 2.45) is 5.92 Å². The Morgan fingerprint density at radius 1 is 1.35 bits per heavy atom. The van der Waals surface area contributed by atoms with Crippen molar-refractivity contribution >= 4 is 11.9 Å². The molecule has 1 atom stereocenters. The number of anilines is 1. The number of carbonyl (C=O) groups is 1. The summed E-state index contributed by atoms with van der Waals surface area (Å²) in [6.45, 7) is 10.4. The van der Waals surface area contributed by atoms with E-state index in [-0.39, 0.29) is 5.97 Å². The third-order valence-electron chi connectivity index (χ3n) is 3.59. The highest BCUT2D eigenvalue weighted by atomic mass is 16.5. The maximum absolute atomic E-state index is 11.7. The van der Waals surface area contributed by atoms with E-state index in [4.69, 9.17) is 4.74 Å². The summed E-state index contributed by atoms with van der Waals surface area (Å²) in [6.07, 6.45) is 3.76. The highest BCUT2D eigenvalue weighted by Crippen LogP contribution is 2.17.